The van der Waals surface area contributed by atoms with Crippen LogP contribution in [0.25, 0.3) is 0 Å². The lowest BCUT2D eigenvalue weighted by atomic mass is 9.89. The SMILES string of the molecule is [CH2]CC(C)C(C)CCCCC. The molecule has 0 bridgehead atoms. The first-order valence-electron chi connectivity index (χ1n) is 5.01. The average Bonchev–Trinajstić information content (AvgIpc) is 2.03. The van der Waals surface area contributed by atoms with E-state index in [9.17, 15) is 0 Å². The van der Waals surface area contributed by atoms with Crippen LogP contribution in [-0.4, -0.2) is 0 Å². The second-order valence-corrected chi connectivity index (χ2v) is 3.74. The topological polar surface area (TPSA) is 0 Å². The van der Waals surface area contributed by atoms with Crippen molar-refractivity contribution in [3.8, 4) is 0 Å². The number of unbranched alkanes of at least 4 members (excludes halogenated alkanes) is 2. The summed E-state index contributed by atoms with van der Waals surface area (Å²) in [7, 11) is 0. The molecule has 0 spiro atoms. The van der Waals surface area contributed by atoms with E-state index in [0.717, 1.165) is 18.3 Å². The summed E-state index contributed by atoms with van der Waals surface area (Å²) < 4.78 is 0. The molecule has 0 aliphatic heterocycles. The van der Waals surface area contributed by atoms with E-state index in [-0.39, 0.29) is 0 Å². The Bertz CT molecular complexity index is 76.1. The number of hydrogen-bond donors (Lipinski definition) is 0. The van der Waals surface area contributed by atoms with Gasteiger partial charge in [-0.2, -0.15) is 0 Å². The molecule has 0 N–H and O–H groups in total. The lowest BCUT2D eigenvalue weighted by Crippen LogP contribution is -2.06. The minimum absolute atomic E-state index is 0.812. The Hall–Kier alpha value is 0. The molecule has 0 amide bonds. The van der Waals surface area contributed by atoms with Crippen LogP contribution in [-0.2, 0) is 0 Å². The Kier molecular flexibility index (Phi) is 6.69. The molecule has 2 unspecified atom stereocenters. The van der Waals surface area contributed by atoms with Crippen LogP contribution in [0.3, 0.4) is 0 Å². The van der Waals surface area contributed by atoms with Crippen LogP contribution >= 0.6 is 0 Å². The van der Waals surface area contributed by atoms with Crippen LogP contribution < -0.4 is 0 Å². The van der Waals surface area contributed by atoms with Gasteiger partial charge in [0, 0.05) is 0 Å². The molecular formula is C11H23. The Labute approximate surface area is 72.4 Å². The highest BCUT2D eigenvalue weighted by atomic mass is 14.1. The highest BCUT2D eigenvalue weighted by Crippen LogP contribution is 2.20. The smallest absolute Gasteiger partial charge is 0.0417 e. The Morgan fingerprint density at radius 2 is 1.73 bits per heavy atom. The highest BCUT2D eigenvalue weighted by Gasteiger charge is 2.08. The fourth-order valence-electron chi connectivity index (χ4n) is 1.29. The summed E-state index contributed by atoms with van der Waals surface area (Å²) in [6.45, 7) is 10.9. The molecule has 0 aromatic carbocycles. The lowest BCUT2D eigenvalue weighted by molar-refractivity contribution is 0.354. The first kappa shape index (κ1) is 11.0. The zero-order valence-corrected chi connectivity index (χ0v) is 8.40. The molecule has 0 aromatic rings. The van der Waals surface area contributed by atoms with Gasteiger partial charge in [0.1, 0.15) is 0 Å². The first-order valence-corrected chi connectivity index (χ1v) is 5.01. The summed E-state index contributed by atoms with van der Waals surface area (Å²) in [4.78, 5) is 0. The molecule has 0 aliphatic carbocycles. The average molecular weight is 155 g/mol. The summed E-state index contributed by atoms with van der Waals surface area (Å²) in [6.07, 6.45) is 6.62. The van der Waals surface area contributed by atoms with Crippen molar-refractivity contribution in [2.45, 2.75) is 52.9 Å². The van der Waals surface area contributed by atoms with E-state index in [1.807, 2.05) is 0 Å². The predicted molar refractivity (Wildman–Crippen MR) is 52.4 cm³/mol. The van der Waals surface area contributed by atoms with Gasteiger partial charge in [0.15, 0.2) is 0 Å². The fraction of sp³-hybridized carbons (Fsp3) is 0.909. The second kappa shape index (κ2) is 6.69. The molecule has 0 aliphatic rings. The maximum Gasteiger partial charge on any atom is -0.0417 e. The van der Waals surface area contributed by atoms with Crippen molar-refractivity contribution >= 4 is 0 Å². The largest absolute Gasteiger partial charge is 0.0654 e. The molecule has 11 heavy (non-hydrogen) atoms. The van der Waals surface area contributed by atoms with Gasteiger partial charge in [0.2, 0.25) is 0 Å². The minimum atomic E-state index is 0.812. The third kappa shape index (κ3) is 5.29. The van der Waals surface area contributed by atoms with Crippen molar-refractivity contribution in [1.82, 2.24) is 0 Å². The van der Waals surface area contributed by atoms with Crippen molar-refractivity contribution in [3.05, 3.63) is 6.92 Å². The summed E-state index contributed by atoms with van der Waals surface area (Å²) in [5.41, 5.74) is 0. The number of hydrogen-bond acceptors (Lipinski definition) is 0. The monoisotopic (exact) mass is 155 g/mol. The Morgan fingerprint density at radius 3 is 2.18 bits per heavy atom. The van der Waals surface area contributed by atoms with Gasteiger partial charge >= 0.3 is 0 Å². The quantitative estimate of drug-likeness (QED) is 0.507. The molecule has 2 atom stereocenters. The van der Waals surface area contributed by atoms with Crippen molar-refractivity contribution in [2.75, 3.05) is 0 Å². The van der Waals surface area contributed by atoms with E-state index in [0.29, 0.717) is 0 Å². The molecule has 0 aromatic heterocycles. The highest BCUT2D eigenvalue weighted by molar-refractivity contribution is 4.62. The van der Waals surface area contributed by atoms with Crippen LogP contribution in [0.15, 0.2) is 0 Å². The van der Waals surface area contributed by atoms with E-state index in [1.165, 1.54) is 25.7 Å². The zero-order valence-electron chi connectivity index (χ0n) is 8.40. The van der Waals surface area contributed by atoms with Crippen LogP contribution in [0.4, 0.5) is 0 Å². The van der Waals surface area contributed by atoms with E-state index in [2.05, 4.69) is 27.7 Å². The van der Waals surface area contributed by atoms with Crippen molar-refractivity contribution in [1.29, 1.82) is 0 Å². The van der Waals surface area contributed by atoms with Gasteiger partial charge in [-0.25, -0.2) is 0 Å². The third-order valence-electron chi connectivity index (χ3n) is 2.69. The van der Waals surface area contributed by atoms with Crippen molar-refractivity contribution < 1.29 is 0 Å². The van der Waals surface area contributed by atoms with Gasteiger partial charge in [-0.05, 0) is 11.8 Å². The molecule has 0 heterocycles. The van der Waals surface area contributed by atoms with E-state index in [1.54, 1.807) is 0 Å². The first-order chi connectivity index (χ1) is 5.22. The van der Waals surface area contributed by atoms with Gasteiger partial charge in [0.25, 0.3) is 0 Å². The minimum Gasteiger partial charge on any atom is -0.0654 e. The molecule has 0 fully saturated rings. The van der Waals surface area contributed by atoms with Crippen LogP contribution in [0.2, 0.25) is 0 Å². The second-order valence-electron chi connectivity index (χ2n) is 3.74. The molecule has 0 nitrogen and oxygen atoms in total. The molecule has 1 radical (unpaired) electrons. The zero-order chi connectivity index (χ0) is 8.69. The summed E-state index contributed by atoms with van der Waals surface area (Å²) >= 11 is 0. The molecule has 67 valence electrons. The molecule has 0 heteroatoms. The summed E-state index contributed by atoms with van der Waals surface area (Å²) in [6, 6.07) is 0. The van der Waals surface area contributed by atoms with E-state index < -0.39 is 0 Å². The van der Waals surface area contributed by atoms with Gasteiger partial charge in [0.05, 0.1) is 0 Å². The standard InChI is InChI=1S/C11H23/c1-5-7-8-9-11(4)10(3)6-2/h10-11H,2,5-9H2,1,3-4H3. The van der Waals surface area contributed by atoms with E-state index >= 15 is 0 Å². The lowest BCUT2D eigenvalue weighted by Gasteiger charge is -2.17. The molecular weight excluding hydrogens is 132 g/mol. The Morgan fingerprint density at radius 1 is 1.09 bits per heavy atom. The fourth-order valence-corrected chi connectivity index (χ4v) is 1.29. The maximum absolute atomic E-state index is 3.93. The van der Waals surface area contributed by atoms with Gasteiger partial charge in [-0.3, -0.25) is 0 Å². The third-order valence-corrected chi connectivity index (χ3v) is 2.69. The maximum atomic E-state index is 3.93. The summed E-state index contributed by atoms with van der Waals surface area (Å²) in [5, 5.41) is 0. The van der Waals surface area contributed by atoms with Crippen LogP contribution in [0, 0.1) is 18.8 Å². The predicted octanol–water partition coefficient (Wildman–Crippen LogP) is 4.06. The summed E-state index contributed by atoms with van der Waals surface area (Å²) in [5.74, 6) is 1.69. The van der Waals surface area contributed by atoms with Gasteiger partial charge < -0.3 is 0 Å². The van der Waals surface area contributed by atoms with E-state index in [4.69, 9.17) is 0 Å². The van der Waals surface area contributed by atoms with Crippen LogP contribution in [0.5, 0.6) is 0 Å². The molecule has 0 saturated carbocycles. The Balaban J connectivity index is 3.28. The van der Waals surface area contributed by atoms with Crippen molar-refractivity contribution in [2.24, 2.45) is 11.8 Å². The van der Waals surface area contributed by atoms with Gasteiger partial charge in [-0.15, -0.1) is 0 Å². The molecule has 0 rings (SSSR count). The normalized spacial score (nSPS) is 16.4. The molecule has 0 saturated heterocycles. The number of rotatable bonds is 6. The van der Waals surface area contributed by atoms with Crippen molar-refractivity contribution in [3.63, 3.8) is 0 Å². The van der Waals surface area contributed by atoms with Crippen LogP contribution in [0.1, 0.15) is 52.9 Å². The van der Waals surface area contributed by atoms with Gasteiger partial charge in [-0.1, -0.05) is 59.8 Å².